The van der Waals surface area contributed by atoms with Gasteiger partial charge in [0.05, 0.1) is 0 Å². The molecule has 0 aromatic heterocycles. The monoisotopic (exact) mass is 300 g/mol. The zero-order valence-corrected chi connectivity index (χ0v) is 13.8. The van der Waals surface area contributed by atoms with Crippen LogP contribution < -0.4 is 5.32 Å². The standard InChI is InChI=1S/C19H28N2O/c1-3-19(22)20-16-11-17-5-4-6-18(12-16)21(17)13-15-9-7-14(2)8-10-15/h7-10,16-18H,3-6,11-13H2,1-2H3,(H,20,22). The van der Waals surface area contributed by atoms with Gasteiger partial charge in [0, 0.05) is 31.1 Å². The van der Waals surface area contributed by atoms with Crippen molar-refractivity contribution in [3.63, 3.8) is 0 Å². The predicted octanol–water partition coefficient (Wildman–Crippen LogP) is 3.41. The Labute approximate surface area is 134 Å². The van der Waals surface area contributed by atoms with Crippen molar-refractivity contribution >= 4 is 5.91 Å². The molecule has 1 N–H and O–H groups in total. The Hall–Kier alpha value is -1.35. The fourth-order valence-electron chi connectivity index (χ4n) is 4.09. The van der Waals surface area contributed by atoms with Crippen LogP contribution in [0.25, 0.3) is 0 Å². The number of nitrogens with one attached hydrogen (secondary N) is 1. The van der Waals surface area contributed by atoms with E-state index in [1.807, 2.05) is 6.92 Å². The van der Waals surface area contributed by atoms with Crippen molar-refractivity contribution in [2.45, 2.75) is 77.0 Å². The summed E-state index contributed by atoms with van der Waals surface area (Å²) >= 11 is 0. The zero-order valence-electron chi connectivity index (χ0n) is 13.8. The minimum atomic E-state index is 0.204. The third kappa shape index (κ3) is 3.52. The highest BCUT2D eigenvalue weighted by Gasteiger charge is 2.38. The van der Waals surface area contributed by atoms with E-state index in [1.54, 1.807) is 0 Å². The number of fused-ring (bicyclic) bond motifs is 2. The fourth-order valence-corrected chi connectivity index (χ4v) is 4.09. The summed E-state index contributed by atoms with van der Waals surface area (Å²) in [7, 11) is 0. The van der Waals surface area contributed by atoms with Gasteiger partial charge in [-0.15, -0.1) is 0 Å². The summed E-state index contributed by atoms with van der Waals surface area (Å²) in [5, 5.41) is 3.22. The van der Waals surface area contributed by atoms with Crippen molar-refractivity contribution in [2.24, 2.45) is 0 Å². The van der Waals surface area contributed by atoms with Crippen molar-refractivity contribution in [1.82, 2.24) is 10.2 Å². The van der Waals surface area contributed by atoms with E-state index in [1.165, 1.54) is 30.4 Å². The molecule has 2 atom stereocenters. The molecule has 120 valence electrons. The second-order valence-corrected chi connectivity index (χ2v) is 6.99. The smallest absolute Gasteiger partial charge is 0.219 e. The molecule has 3 rings (SSSR count). The van der Waals surface area contributed by atoms with Gasteiger partial charge in [-0.3, -0.25) is 9.69 Å². The minimum Gasteiger partial charge on any atom is -0.353 e. The fraction of sp³-hybridized carbons (Fsp3) is 0.632. The van der Waals surface area contributed by atoms with Gasteiger partial charge in [0.1, 0.15) is 0 Å². The number of aryl methyl sites for hydroxylation is 1. The molecule has 2 heterocycles. The van der Waals surface area contributed by atoms with Crippen LogP contribution >= 0.6 is 0 Å². The minimum absolute atomic E-state index is 0.204. The first-order valence-corrected chi connectivity index (χ1v) is 8.76. The molecule has 1 aromatic carbocycles. The number of carbonyl (C=O) groups is 1. The van der Waals surface area contributed by atoms with Gasteiger partial charge in [-0.05, 0) is 38.2 Å². The lowest BCUT2D eigenvalue weighted by Crippen LogP contribution is -2.56. The zero-order chi connectivity index (χ0) is 15.5. The van der Waals surface area contributed by atoms with Crippen LogP contribution in [-0.4, -0.2) is 28.9 Å². The Morgan fingerprint density at radius 3 is 2.41 bits per heavy atom. The molecule has 2 bridgehead atoms. The second-order valence-electron chi connectivity index (χ2n) is 6.99. The molecule has 3 nitrogen and oxygen atoms in total. The van der Waals surface area contributed by atoms with Gasteiger partial charge in [0.2, 0.25) is 5.91 Å². The topological polar surface area (TPSA) is 32.3 Å². The third-order valence-corrected chi connectivity index (χ3v) is 5.30. The molecule has 1 aromatic rings. The van der Waals surface area contributed by atoms with Crippen molar-refractivity contribution < 1.29 is 4.79 Å². The molecular formula is C19H28N2O. The van der Waals surface area contributed by atoms with Crippen LogP contribution in [0.15, 0.2) is 24.3 Å². The Morgan fingerprint density at radius 1 is 1.18 bits per heavy atom. The maximum Gasteiger partial charge on any atom is 0.219 e. The quantitative estimate of drug-likeness (QED) is 0.924. The largest absolute Gasteiger partial charge is 0.353 e. The Kier molecular flexibility index (Phi) is 4.82. The number of hydrogen-bond donors (Lipinski definition) is 1. The summed E-state index contributed by atoms with van der Waals surface area (Å²) in [6.45, 7) is 5.13. The van der Waals surface area contributed by atoms with Crippen LogP contribution in [0.5, 0.6) is 0 Å². The summed E-state index contributed by atoms with van der Waals surface area (Å²) in [6.07, 6.45) is 6.73. The predicted molar refractivity (Wildman–Crippen MR) is 89.6 cm³/mol. The summed E-state index contributed by atoms with van der Waals surface area (Å²) in [4.78, 5) is 14.4. The summed E-state index contributed by atoms with van der Waals surface area (Å²) < 4.78 is 0. The Bertz CT molecular complexity index is 497. The van der Waals surface area contributed by atoms with Crippen LogP contribution in [0.4, 0.5) is 0 Å². The molecule has 2 aliphatic rings. The van der Waals surface area contributed by atoms with Crippen molar-refractivity contribution in [3.8, 4) is 0 Å². The van der Waals surface area contributed by atoms with E-state index in [0.717, 1.165) is 19.4 Å². The molecule has 0 aliphatic carbocycles. The summed E-state index contributed by atoms with van der Waals surface area (Å²) in [5.74, 6) is 0.204. The highest BCUT2D eigenvalue weighted by molar-refractivity contribution is 5.75. The molecule has 2 fully saturated rings. The van der Waals surface area contributed by atoms with E-state index in [2.05, 4.69) is 41.4 Å². The van der Waals surface area contributed by atoms with Gasteiger partial charge in [0.25, 0.3) is 0 Å². The van der Waals surface area contributed by atoms with Gasteiger partial charge >= 0.3 is 0 Å². The van der Waals surface area contributed by atoms with E-state index in [4.69, 9.17) is 0 Å². The lowest BCUT2D eigenvalue weighted by Gasteiger charge is -2.49. The lowest BCUT2D eigenvalue weighted by atomic mass is 9.81. The van der Waals surface area contributed by atoms with Crippen LogP contribution in [0.2, 0.25) is 0 Å². The van der Waals surface area contributed by atoms with Crippen LogP contribution in [0, 0.1) is 6.92 Å². The highest BCUT2D eigenvalue weighted by atomic mass is 16.1. The number of hydrogen-bond acceptors (Lipinski definition) is 2. The van der Waals surface area contributed by atoms with E-state index in [-0.39, 0.29) is 5.91 Å². The van der Waals surface area contributed by atoms with Gasteiger partial charge in [-0.2, -0.15) is 0 Å². The van der Waals surface area contributed by atoms with Gasteiger partial charge in [-0.1, -0.05) is 43.2 Å². The van der Waals surface area contributed by atoms with E-state index in [0.29, 0.717) is 24.5 Å². The molecule has 2 saturated heterocycles. The first kappa shape index (κ1) is 15.5. The summed E-state index contributed by atoms with van der Waals surface area (Å²) in [5.41, 5.74) is 2.74. The first-order valence-electron chi connectivity index (χ1n) is 8.76. The average Bonchev–Trinajstić information content (AvgIpc) is 2.50. The number of benzene rings is 1. The second kappa shape index (κ2) is 6.82. The average molecular weight is 300 g/mol. The molecule has 0 radical (unpaired) electrons. The van der Waals surface area contributed by atoms with Crippen LogP contribution in [0.1, 0.15) is 56.6 Å². The van der Waals surface area contributed by atoms with Gasteiger partial charge in [-0.25, -0.2) is 0 Å². The number of carbonyl (C=O) groups excluding carboxylic acids is 1. The molecule has 3 heteroatoms. The first-order chi connectivity index (χ1) is 10.7. The molecule has 2 unspecified atom stereocenters. The molecule has 1 amide bonds. The molecule has 0 saturated carbocycles. The third-order valence-electron chi connectivity index (χ3n) is 5.30. The van der Waals surface area contributed by atoms with E-state index >= 15 is 0 Å². The SMILES string of the molecule is CCC(=O)NC1CC2CCCC(C1)N2Cc1ccc(C)cc1. The van der Waals surface area contributed by atoms with Crippen LogP contribution in [0.3, 0.4) is 0 Å². The number of rotatable bonds is 4. The maximum atomic E-state index is 11.7. The molecular weight excluding hydrogens is 272 g/mol. The Balaban J connectivity index is 1.66. The van der Waals surface area contributed by atoms with Crippen molar-refractivity contribution in [2.75, 3.05) is 0 Å². The lowest BCUT2D eigenvalue weighted by molar-refractivity contribution is -0.122. The van der Waals surface area contributed by atoms with Gasteiger partial charge in [0.15, 0.2) is 0 Å². The number of piperidine rings is 2. The van der Waals surface area contributed by atoms with E-state index < -0.39 is 0 Å². The summed E-state index contributed by atoms with van der Waals surface area (Å²) in [6, 6.07) is 10.6. The maximum absolute atomic E-state index is 11.7. The number of amides is 1. The molecule has 0 spiro atoms. The molecule has 22 heavy (non-hydrogen) atoms. The highest BCUT2D eigenvalue weighted by Crippen LogP contribution is 2.35. The van der Waals surface area contributed by atoms with Crippen molar-refractivity contribution in [3.05, 3.63) is 35.4 Å². The van der Waals surface area contributed by atoms with Crippen molar-refractivity contribution in [1.29, 1.82) is 0 Å². The Morgan fingerprint density at radius 2 is 1.82 bits per heavy atom. The van der Waals surface area contributed by atoms with Crippen LogP contribution in [-0.2, 0) is 11.3 Å². The number of nitrogens with zero attached hydrogens (tertiary/aromatic N) is 1. The molecule has 2 aliphatic heterocycles. The normalized spacial score (nSPS) is 28.4. The van der Waals surface area contributed by atoms with E-state index in [9.17, 15) is 4.79 Å². The van der Waals surface area contributed by atoms with Gasteiger partial charge < -0.3 is 5.32 Å².